The summed E-state index contributed by atoms with van der Waals surface area (Å²) in [6, 6.07) is 19.1. The summed E-state index contributed by atoms with van der Waals surface area (Å²) in [5, 5.41) is 0. The van der Waals surface area contributed by atoms with Gasteiger partial charge in [0.05, 0.1) is 26.9 Å². The van der Waals surface area contributed by atoms with Crippen molar-refractivity contribution in [1.29, 1.82) is 0 Å². The molecule has 148 valence electrons. The molecule has 0 atom stereocenters. The van der Waals surface area contributed by atoms with E-state index in [1.54, 1.807) is 49.6 Å². The molecule has 0 aliphatic carbocycles. The van der Waals surface area contributed by atoms with Crippen molar-refractivity contribution >= 4 is 11.6 Å². The predicted octanol–water partition coefficient (Wildman–Crippen LogP) is 4.37. The highest BCUT2D eigenvalue weighted by atomic mass is 16.5. The molecular weight excluding hydrogens is 368 g/mol. The van der Waals surface area contributed by atoms with E-state index < -0.39 is 0 Å². The summed E-state index contributed by atoms with van der Waals surface area (Å²) < 4.78 is 15.8. The Morgan fingerprint density at radius 2 is 1.38 bits per heavy atom. The SMILES string of the molecule is COc1ccc(OC)c(C(=O)c2ccc(C(=O)Cc3ccccc3OC)cc2)c1. The zero-order valence-electron chi connectivity index (χ0n) is 16.6. The quantitative estimate of drug-likeness (QED) is 0.535. The number of ketones is 2. The molecule has 0 aliphatic rings. The number of Topliss-reactive ketones (excluding diaryl/α,β-unsaturated/α-hetero) is 1. The molecular formula is C24H22O5. The van der Waals surface area contributed by atoms with Crippen molar-refractivity contribution < 1.29 is 23.8 Å². The van der Waals surface area contributed by atoms with Crippen molar-refractivity contribution in [2.75, 3.05) is 21.3 Å². The van der Waals surface area contributed by atoms with E-state index in [1.165, 1.54) is 14.2 Å². The van der Waals surface area contributed by atoms with Crippen LogP contribution in [0.4, 0.5) is 0 Å². The molecule has 3 rings (SSSR count). The second-order valence-electron chi connectivity index (χ2n) is 6.38. The summed E-state index contributed by atoms with van der Waals surface area (Å²) in [4.78, 5) is 25.6. The maximum atomic E-state index is 12.9. The molecule has 0 N–H and O–H groups in total. The number of hydrogen-bond donors (Lipinski definition) is 0. The number of methoxy groups -OCH3 is 3. The van der Waals surface area contributed by atoms with E-state index in [2.05, 4.69) is 0 Å². The minimum absolute atomic E-state index is 0.0486. The molecule has 0 radical (unpaired) electrons. The lowest BCUT2D eigenvalue weighted by atomic mass is 9.98. The normalized spacial score (nSPS) is 10.3. The summed E-state index contributed by atoms with van der Waals surface area (Å²) >= 11 is 0. The third kappa shape index (κ3) is 4.46. The second-order valence-corrected chi connectivity index (χ2v) is 6.38. The van der Waals surface area contributed by atoms with Crippen LogP contribution < -0.4 is 14.2 Å². The fraction of sp³-hybridized carbons (Fsp3) is 0.167. The van der Waals surface area contributed by atoms with Crippen LogP contribution in [-0.4, -0.2) is 32.9 Å². The molecule has 0 fully saturated rings. The summed E-state index contributed by atoms with van der Waals surface area (Å²) in [5.74, 6) is 1.46. The molecule has 0 spiro atoms. The standard InChI is InChI=1S/C24H22O5/c1-27-19-12-13-23(29-3)20(15-19)24(26)17-10-8-16(9-11-17)21(25)14-18-6-4-5-7-22(18)28-2/h4-13,15H,14H2,1-3H3. The van der Waals surface area contributed by atoms with Crippen molar-refractivity contribution in [2.24, 2.45) is 0 Å². The van der Waals surface area contributed by atoms with E-state index in [-0.39, 0.29) is 18.0 Å². The molecule has 0 aliphatic heterocycles. The molecule has 29 heavy (non-hydrogen) atoms. The van der Waals surface area contributed by atoms with Gasteiger partial charge < -0.3 is 14.2 Å². The van der Waals surface area contributed by atoms with Gasteiger partial charge in [0.25, 0.3) is 0 Å². The maximum Gasteiger partial charge on any atom is 0.196 e. The van der Waals surface area contributed by atoms with Gasteiger partial charge in [-0.05, 0) is 24.3 Å². The minimum Gasteiger partial charge on any atom is -0.497 e. The highest BCUT2D eigenvalue weighted by Crippen LogP contribution is 2.27. The Balaban J connectivity index is 1.81. The molecule has 0 unspecified atom stereocenters. The van der Waals surface area contributed by atoms with Crippen molar-refractivity contribution in [3.05, 3.63) is 89.0 Å². The number of ether oxygens (including phenoxy) is 3. The van der Waals surface area contributed by atoms with Crippen LogP contribution in [0.2, 0.25) is 0 Å². The van der Waals surface area contributed by atoms with Gasteiger partial charge in [-0.2, -0.15) is 0 Å². The van der Waals surface area contributed by atoms with Crippen LogP contribution in [0.15, 0.2) is 66.7 Å². The predicted molar refractivity (Wildman–Crippen MR) is 110 cm³/mol. The largest absolute Gasteiger partial charge is 0.497 e. The van der Waals surface area contributed by atoms with Crippen molar-refractivity contribution in [3.63, 3.8) is 0 Å². The highest BCUT2D eigenvalue weighted by Gasteiger charge is 2.17. The van der Waals surface area contributed by atoms with Crippen LogP contribution in [0.5, 0.6) is 17.2 Å². The maximum absolute atomic E-state index is 12.9. The van der Waals surface area contributed by atoms with Crippen molar-refractivity contribution in [1.82, 2.24) is 0 Å². The van der Waals surface area contributed by atoms with Gasteiger partial charge in [-0.15, -0.1) is 0 Å². The number of para-hydroxylation sites is 1. The van der Waals surface area contributed by atoms with Gasteiger partial charge in [0.2, 0.25) is 0 Å². The van der Waals surface area contributed by atoms with Gasteiger partial charge in [0.15, 0.2) is 11.6 Å². The van der Waals surface area contributed by atoms with Gasteiger partial charge in [0.1, 0.15) is 17.2 Å². The zero-order valence-corrected chi connectivity index (χ0v) is 16.6. The lowest BCUT2D eigenvalue weighted by Crippen LogP contribution is -2.07. The van der Waals surface area contributed by atoms with Gasteiger partial charge in [0, 0.05) is 23.1 Å². The monoisotopic (exact) mass is 390 g/mol. The Labute approximate surface area is 169 Å². The van der Waals surface area contributed by atoms with Crippen LogP contribution in [0, 0.1) is 0 Å². The fourth-order valence-corrected chi connectivity index (χ4v) is 3.08. The van der Waals surface area contributed by atoms with Crippen LogP contribution in [0.1, 0.15) is 31.8 Å². The highest BCUT2D eigenvalue weighted by molar-refractivity contribution is 6.11. The number of carbonyl (C=O) groups excluding carboxylic acids is 2. The molecule has 0 bridgehead atoms. The van der Waals surface area contributed by atoms with E-state index in [4.69, 9.17) is 14.2 Å². The van der Waals surface area contributed by atoms with Crippen LogP contribution in [0.3, 0.4) is 0 Å². The van der Waals surface area contributed by atoms with Gasteiger partial charge in [-0.3, -0.25) is 9.59 Å². The summed E-state index contributed by atoms with van der Waals surface area (Å²) in [6.07, 6.45) is 0.223. The molecule has 3 aromatic rings. The Kier molecular flexibility index (Phi) is 6.29. The Hall–Kier alpha value is -3.60. The van der Waals surface area contributed by atoms with E-state index in [1.807, 2.05) is 24.3 Å². The summed E-state index contributed by atoms with van der Waals surface area (Å²) in [6.45, 7) is 0. The average molecular weight is 390 g/mol. The van der Waals surface area contributed by atoms with E-state index in [0.717, 1.165) is 5.56 Å². The lowest BCUT2D eigenvalue weighted by molar-refractivity contribution is 0.0989. The first kappa shape index (κ1) is 20.1. The second kappa shape index (κ2) is 9.06. The van der Waals surface area contributed by atoms with Crippen molar-refractivity contribution in [3.8, 4) is 17.2 Å². The molecule has 5 heteroatoms. The summed E-state index contributed by atoms with van der Waals surface area (Å²) in [7, 11) is 4.63. The van der Waals surface area contributed by atoms with Crippen LogP contribution in [0.25, 0.3) is 0 Å². The number of carbonyl (C=O) groups is 2. The summed E-state index contributed by atoms with van der Waals surface area (Å²) in [5.41, 5.74) is 2.22. The smallest absolute Gasteiger partial charge is 0.196 e. The van der Waals surface area contributed by atoms with Crippen LogP contribution >= 0.6 is 0 Å². The molecule has 0 saturated carbocycles. The number of rotatable bonds is 8. The van der Waals surface area contributed by atoms with Gasteiger partial charge >= 0.3 is 0 Å². The first-order valence-corrected chi connectivity index (χ1v) is 9.09. The van der Waals surface area contributed by atoms with Crippen LogP contribution in [-0.2, 0) is 6.42 Å². The first-order chi connectivity index (χ1) is 14.1. The van der Waals surface area contributed by atoms with Crippen molar-refractivity contribution in [2.45, 2.75) is 6.42 Å². The minimum atomic E-state index is -0.204. The fourth-order valence-electron chi connectivity index (χ4n) is 3.08. The first-order valence-electron chi connectivity index (χ1n) is 9.09. The third-order valence-electron chi connectivity index (χ3n) is 4.66. The topological polar surface area (TPSA) is 61.8 Å². The Morgan fingerprint density at radius 3 is 2.03 bits per heavy atom. The third-order valence-corrected chi connectivity index (χ3v) is 4.66. The lowest BCUT2D eigenvalue weighted by Gasteiger charge is -2.10. The van der Waals surface area contributed by atoms with E-state index >= 15 is 0 Å². The number of hydrogen-bond acceptors (Lipinski definition) is 5. The Morgan fingerprint density at radius 1 is 0.724 bits per heavy atom. The van der Waals surface area contributed by atoms with E-state index in [9.17, 15) is 9.59 Å². The molecule has 5 nitrogen and oxygen atoms in total. The Bertz CT molecular complexity index is 1020. The average Bonchev–Trinajstić information content (AvgIpc) is 2.78. The molecule has 0 amide bonds. The molecule has 0 saturated heterocycles. The number of benzene rings is 3. The van der Waals surface area contributed by atoms with Gasteiger partial charge in [-0.25, -0.2) is 0 Å². The van der Waals surface area contributed by atoms with Gasteiger partial charge in [-0.1, -0.05) is 42.5 Å². The zero-order chi connectivity index (χ0) is 20.8. The molecule has 3 aromatic carbocycles. The van der Waals surface area contributed by atoms with E-state index in [0.29, 0.717) is 33.9 Å². The molecule has 0 heterocycles. The molecule has 0 aromatic heterocycles.